The van der Waals surface area contributed by atoms with Gasteiger partial charge >= 0.3 is 0 Å². The number of carbonyl (C=O) groups is 1. The lowest BCUT2D eigenvalue weighted by Crippen LogP contribution is -2.05. The van der Waals surface area contributed by atoms with Gasteiger partial charge in [-0.2, -0.15) is 0 Å². The second-order valence-electron chi connectivity index (χ2n) is 4.21. The highest BCUT2D eigenvalue weighted by molar-refractivity contribution is 7.99. The zero-order chi connectivity index (χ0) is 14.5. The van der Waals surface area contributed by atoms with Gasteiger partial charge in [0.2, 0.25) is 5.91 Å². The first-order chi connectivity index (χ1) is 9.60. The Morgan fingerprint density at radius 2 is 1.90 bits per heavy atom. The smallest absolute Gasteiger partial charge is 0.221 e. The molecule has 20 heavy (non-hydrogen) atoms. The zero-order valence-electron chi connectivity index (χ0n) is 11.6. The van der Waals surface area contributed by atoms with Crippen molar-refractivity contribution in [2.75, 3.05) is 17.7 Å². The predicted octanol–water partition coefficient (Wildman–Crippen LogP) is 2.94. The molecule has 6 heteroatoms. The van der Waals surface area contributed by atoms with Crippen LogP contribution in [0.3, 0.4) is 0 Å². The summed E-state index contributed by atoms with van der Waals surface area (Å²) in [6, 6.07) is 7.66. The fraction of sp³-hybridized carbons (Fsp3) is 0.214. The molecule has 0 fully saturated rings. The highest BCUT2D eigenvalue weighted by Gasteiger charge is 2.07. The third-order valence-corrected chi connectivity index (χ3v) is 3.78. The first-order valence-corrected chi connectivity index (χ1v) is 6.96. The molecule has 2 N–H and O–H groups in total. The Morgan fingerprint density at radius 3 is 2.50 bits per heavy atom. The fourth-order valence-corrected chi connectivity index (χ4v) is 2.56. The lowest BCUT2D eigenvalue weighted by atomic mass is 10.3. The molecular weight excluding hydrogens is 272 g/mol. The van der Waals surface area contributed by atoms with Gasteiger partial charge in [0, 0.05) is 30.1 Å². The van der Waals surface area contributed by atoms with E-state index >= 15 is 0 Å². The van der Waals surface area contributed by atoms with E-state index in [1.54, 1.807) is 18.1 Å². The molecule has 104 valence electrons. The minimum absolute atomic E-state index is 0.0734. The first-order valence-electron chi connectivity index (χ1n) is 6.15. The van der Waals surface area contributed by atoms with Crippen LogP contribution >= 0.6 is 11.8 Å². The molecule has 1 heterocycles. The number of carbonyl (C=O) groups excluding carboxylic acids is 1. The Kier molecular flexibility index (Phi) is 4.57. The molecule has 1 aromatic heterocycles. The van der Waals surface area contributed by atoms with Gasteiger partial charge in [0.05, 0.1) is 0 Å². The molecule has 0 aliphatic carbocycles. The van der Waals surface area contributed by atoms with Crippen LogP contribution in [0.1, 0.15) is 12.5 Å². The Morgan fingerprint density at radius 1 is 1.20 bits per heavy atom. The van der Waals surface area contributed by atoms with Crippen LogP contribution in [0.15, 0.2) is 40.5 Å². The van der Waals surface area contributed by atoms with E-state index in [-0.39, 0.29) is 5.91 Å². The maximum atomic E-state index is 11.0. The zero-order valence-corrected chi connectivity index (χ0v) is 12.4. The number of anilines is 2. The maximum Gasteiger partial charge on any atom is 0.221 e. The Balaban J connectivity index is 2.16. The molecule has 5 nitrogen and oxygen atoms in total. The number of hydrogen-bond donors (Lipinski definition) is 2. The third-order valence-electron chi connectivity index (χ3n) is 2.66. The van der Waals surface area contributed by atoms with E-state index in [0.29, 0.717) is 0 Å². The van der Waals surface area contributed by atoms with Crippen molar-refractivity contribution in [2.24, 2.45) is 0 Å². The van der Waals surface area contributed by atoms with Crippen LogP contribution in [0.5, 0.6) is 0 Å². The molecule has 1 aromatic carbocycles. The lowest BCUT2D eigenvalue weighted by Gasteiger charge is -2.08. The van der Waals surface area contributed by atoms with Crippen molar-refractivity contribution in [3.63, 3.8) is 0 Å². The minimum Gasteiger partial charge on any atom is -0.373 e. The molecule has 2 rings (SSSR count). The lowest BCUT2D eigenvalue weighted by molar-refractivity contribution is -0.114. The summed E-state index contributed by atoms with van der Waals surface area (Å²) >= 11 is 1.57. The van der Waals surface area contributed by atoms with Crippen molar-refractivity contribution in [1.29, 1.82) is 0 Å². The predicted molar refractivity (Wildman–Crippen MR) is 81.2 cm³/mol. The summed E-state index contributed by atoms with van der Waals surface area (Å²) in [7, 11) is 1.84. The van der Waals surface area contributed by atoms with Gasteiger partial charge in [-0.3, -0.25) is 4.79 Å². The van der Waals surface area contributed by atoms with E-state index in [2.05, 4.69) is 20.6 Å². The van der Waals surface area contributed by atoms with Crippen LogP contribution < -0.4 is 10.6 Å². The van der Waals surface area contributed by atoms with Gasteiger partial charge in [0.15, 0.2) is 0 Å². The molecule has 0 saturated carbocycles. The van der Waals surface area contributed by atoms with Crippen molar-refractivity contribution in [3.05, 3.63) is 36.2 Å². The van der Waals surface area contributed by atoms with E-state index in [1.807, 2.05) is 38.2 Å². The van der Waals surface area contributed by atoms with Crippen molar-refractivity contribution in [2.45, 2.75) is 23.8 Å². The van der Waals surface area contributed by atoms with Crippen LogP contribution in [0, 0.1) is 6.92 Å². The summed E-state index contributed by atoms with van der Waals surface area (Å²) in [5.74, 6) is 0.757. The Bertz CT molecular complexity index is 613. The largest absolute Gasteiger partial charge is 0.373 e. The van der Waals surface area contributed by atoms with Gasteiger partial charge in [-0.25, -0.2) is 9.97 Å². The summed E-state index contributed by atoms with van der Waals surface area (Å²) < 4.78 is 0. The van der Waals surface area contributed by atoms with Gasteiger partial charge in [0.1, 0.15) is 17.2 Å². The molecule has 0 saturated heterocycles. The SMILES string of the molecule is CNc1ncnc(Sc2ccc(NC(C)=O)cc2)c1C. The third kappa shape index (κ3) is 3.48. The topological polar surface area (TPSA) is 66.9 Å². The monoisotopic (exact) mass is 288 g/mol. The summed E-state index contributed by atoms with van der Waals surface area (Å²) in [5.41, 5.74) is 1.81. The van der Waals surface area contributed by atoms with Crippen molar-refractivity contribution >= 4 is 29.2 Å². The standard InChI is InChI=1S/C14H16N4OS/c1-9-13(15-3)16-8-17-14(9)20-12-6-4-11(5-7-12)18-10(2)19/h4-8H,1-3H3,(H,18,19)(H,15,16,17). The molecule has 2 aromatic rings. The second-order valence-corrected chi connectivity index (χ2v) is 5.27. The number of nitrogens with zero attached hydrogens (tertiary/aromatic N) is 2. The van der Waals surface area contributed by atoms with Crippen LogP contribution in [-0.4, -0.2) is 22.9 Å². The Hall–Kier alpha value is -2.08. The normalized spacial score (nSPS) is 10.2. The summed E-state index contributed by atoms with van der Waals surface area (Å²) in [6.07, 6.45) is 1.55. The number of nitrogens with one attached hydrogen (secondary N) is 2. The van der Waals surface area contributed by atoms with Crippen LogP contribution in [-0.2, 0) is 4.79 Å². The highest BCUT2D eigenvalue weighted by Crippen LogP contribution is 2.31. The second kappa shape index (κ2) is 6.38. The molecule has 0 aliphatic rings. The number of amides is 1. The van der Waals surface area contributed by atoms with Crippen LogP contribution in [0.25, 0.3) is 0 Å². The Labute approximate surface area is 122 Å². The summed E-state index contributed by atoms with van der Waals surface area (Å²) in [5, 5.41) is 6.70. The number of benzene rings is 1. The van der Waals surface area contributed by atoms with Gasteiger partial charge < -0.3 is 10.6 Å². The van der Waals surface area contributed by atoms with Crippen LogP contribution in [0.2, 0.25) is 0 Å². The number of rotatable bonds is 4. The van der Waals surface area contributed by atoms with Gasteiger partial charge in [-0.15, -0.1) is 0 Å². The first kappa shape index (κ1) is 14.3. The minimum atomic E-state index is -0.0734. The molecule has 0 atom stereocenters. The molecule has 1 amide bonds. The van der Waals surface area contributed by atoms with E-state index in [0.717, 1.165) is 27.0 Å². The van der Waals surface area contributed by atoms with E-state index in [9.17, 15) is 4.79 Å². The van der Waals surface area contributed by atoms with Crippen molar-refractivity contribution in [3.8, 4) is 0 Å². The van der Waals surface area contributed by atoms with E-state index < -0.39 is 0 Å². The molecule has 0 aliphatic heterocycles. The van der Waals surface area contributed by atoms with Crippen molar-refractivity contribution in [1.82, 2.24) is 9.97 Å². The van der Waals surface area contributed by atoms with E-state index in [4.69, 9.17) is 0 Å². The van der Waals surface area contributed by atoms with Gasteiger partial charge in [0.25, 0.3) is 0 Å². The summed E-state index contributed by atoms with van der Waals surface area (Å²) in [6.45, 7) is 3.48. The average Bonchev–Trinajstić information content (AvgIpc) is 2.43. The molecule has 0 radical (unpaired) electrons. The average molecular weight is 288 g/mol. The highest BCUT2D eigenvalue weighted by atomic mass is 32.2. The molecule has 0 spiro atoms. The van der Waals surface area contributed by atoms with Gasteiger partial charge in [-0.1, -0.05) is 11.8 Å². The van der Waals surface area contributed by atoms with Gasteiger partial charge in [-0.05, 0) is 31.2 Å². The quantitative estimate of drug-likeness (QED) is 0.847. The fourth-order valence-electron chi connectivity index (χ4n) is 1.71. The molecule has 0 unspecified atom stereocenters. The molecular formula is C14H16N4OS. The van der Waals surface area contributed by atoms with Crippen molar-refractivity contribution < 1.29 is 4.79 Å². The number of aromatic nitrogens is 2. The molecule has 0 bridgehead atoms. The number of hydrogen-bond acceptors (Lipinski definition) is 5. The van der Waals surface area contributed by atoms with Crippen LogP contribution in [0.4, 0.5) is 11.5 Å². The summed E-state index contributed by atoms with van der Waals surface area (Å²) in [4.78, 5) is 20.5. The maximum absolute atomic E-state index is 11.0. The van der Waals surface area contributed by atoms with E-state index in [1.165, 1.54) is 6.92 Å².